The van der Waals surface area contributed by atoms with E-state index in [1.807, 2.05) is 14.0 Å². The SMILES string of the molecule is Cc1nn(C)c2c1CCN(S(C)(=O)=O)C2. The highest BCUT2D eigenvalue weighted by Crippen LogP contribution is 2.22. The van der Waals surface area contributed by atoms with Crippen molar-refractivity contribution in [2.75, 3.05) is 12.8 Å². The van der Waals surface area contributed by atoms with Crippen LogP contribution in [-0.2, 0) is 30.0 Å². The van der Waals surface area contributed by atoms with Crippen molar-refractivity contribution in [3.8, 4) is 0 Å². The molecule has 0 aromatic carbocycles. The van der Waals surface area contributed by atoms with E-state index >= 15 is 0 Å². The third-order valence-electron chi connectivity index (χ3n) is 2.88. The van der Waals surface area contributed by atoms with Crippen molar-refractivity contribution >= 4 is 10.0 Å². The second-order valence-corrected chi connectivity index (χ2v) is 5.96. The number of nitrogens with zero attached hydrogens (tertiary/aromatic N) is 3. The quantitative estimate of drug-likeness (QED) is 0.683. The van der Waals surface area contributed by atoms with Crippen LogP contribution in [0.4, 0.5) is 0 Å². The van der Waals surface area contributed by atoms with Gasteiger partial charge in [-0.3, -0.25) is 4.68 Å². The molecule has 0 saturated heterocycles. The van der Waals surface area contributed by atoms with Crippen molar-refractivity contribution in [3.63, 3.8) is 0 Å². The highest BCUT2D eigenvalue weighted by atomic mass is 32.2. The van der Waals surface area contributed by atoms with Gasteiger partial charge in [0.15, 0.2) is 0 Å². The van der Waals surface area contributed by atoms with Crippen molar-refractivity contribution in [2.24, 2.45) is 7.05 Å². The normalized spacial score (nSPS) is 17.8. The fourth-order valence-electron chi connectivity index (χ4n) is 2.04. The second-order valence-electron chi connectivity index (χ2n) is 3.98. The molecule has 5 nitrogen and oxygen atoms in total. The van der Waals surface area contributed by atoms with Crippen molar-refractivity contribution < 1.29 is 8.42 Å². The molecule has 2 heterocycles. The summed E-state index contributed by atoms with van der Waals surface area (Å²) in [6, 6.07) is 0. The minimum atomic E-state index is -3.08. The lowest BCUT2D eigenvalue weighted by Gasteiger charge is -2.25. The lowest BCUT2D eigenvalue weighted by atomic mass is 10.1. The fourth-order valence-corrected chi connectivity index (χ4v) is 2.82. The maximum Gasteiger partial charge on any atom is 0.211 e. The largest absolute Gasteiger partial charge is 0.271 e. The van der Waals surface area contributed by atoms with Crippen LogP contribution in [0.2, 0.25) is 0 Å². The van der Waals surface area contributed by atoms with Crippen LogP contribution in [0.5, 0.6) is 0 Å². The summed E-state index contributed by atoms with van der Waals surface area (Å²) in [7, 11) is -1.23. The molecule has 15 heavy (non-hydrogen) atoms. The van der Waals surface area contributed by atoms with Crippen molar-refractivity contribution in [1.82, 2.24) is 14.1 Å². The molecular formula is C9H15N3O2S. The molecule has 6 heteroatoms. The first kappa shape index (κ1) is 10.6. The highest BCUT2D eigenvalue weighted by Gasteiger charge is 2.26. The van der Waals surface area contributed by atoms with E-state index in [4.69, 9.17) is 0 Å². The van der Waals surface area contributed by atoms with Crippen LogP contribution in [0, 0.1) is 6.92 Å². The monoisotopic (exact) mass is 229 g/mol. The van der Waals surface area contributed by atoms with E-state index in [-0.39, 0.29) is 0 Å². The second kappa shape index (κ2) is 3.31. The number of hydrogen-bond acceptors (Lipinski definition) is 3. The first-order chi connectivity index (χ1) is 6.89. The third kappa shape index (κ3) is 1.79. The number of fused-ring (bicyclic) bond motifs is 1. The number of hydrogen-bond donors (Lipinski definition) is 0. The van der Waals surface area contributed by atoms with E-state index < -0.39 is 10.0 Å². The van der Waals surface area contributed by atoms with Gasteiger partial charge in [-0.1, -0.05) is 0 Å². The van der Waals surface area contributed by atoms with Gasteiger partial charge in [-0.25, -0.2) is 8.42 Å². The van der Waals surface area contributed by atoms with Crippen LogP contribution in [0.1, 0.15) is 17.0 Å². The number of sulfonamides is 1. The smallest absolute Gasteiger partial charge is 0.211 e. The van der Waals surface area contributed by atoms with Gasteiger partial charge in [-0.2, -0.15) is 9.40 Å². The van der Waals surface area contributed by atoms with Crippen molar-refractivity contribution in [2.45, 2.75) is 19.9 Å². The Hall–Kier alpha value is -0.880. The van der Waals surface area contributed by atoms with Gasteiger partial charge < -0.3 is 0 Å². The molecule has 0 bridgehead atoms. The van der Waals surface area contributed by atoms with Crippen molar-refractivity contribution in [1.29, 1.82) is 0 Å². The zero-order valence-electron chi connectivity index (χ0n) is 9.19. The van der Waals surface area contributed by atoms with E-state index in [0.29, 0.717) is 13.1 Å². The minimum Gasteiger partial charge on any atom is -0.271 e. The molecule has 1 aromatic heterocycles. The molecule has 0 saturated carbocycles. The van der Waals surface area contributed by atoms with E-state index in [9.17, 15) is 8.42 Å². The van der Waals surface area contributed by atoms with Gasteiger partial charge in [0.25, 0.3) is 0 Å². The van der Waals surface area contributed by atoms with Crippen molar-refractivity contribution in [3.05, 3.63) is 17.0 Å². The summed E-state index contributed by atoms with van der Waals surface area (Å²) in [6.07, 6.45) is 2.02. The standard InChI is InChI=1S/C9H15N3O2S/c1-7-8-4-5-12(15(3,13)14)6-9(8)11(2)10-7/h4-6H2,1-3H3. The van der Waals surface area contributed by atoms with Gasteiger partial charge in [0.1, 0.15) is 0 Å². The van der Waals surface area contributed by atoms with Crippen LogP contribution >= 0.6 is 0 Å². The molecule has 0 atom stereocenters. The van der Waals surface area contributed by atoms with E-state index in [2.05, 4.69) is 5.10 Å². The van der Waals surface area contributed by atoms with Gasteiger partial charge >= 0.3 is 0 Å². The van der Waals surface area contributed by atoms with Crippen LogP contribution < -0.4 is 0 Å². The molecule has 2 rings (SSSR count). The Labute approximate surface area is 89.7 Å². The zero-order chi connectivity index (χ0) is 11.2. The molecule has 0 radical (unpaired) electrons. The van der Waals surface area contributed by atoms with Crippen LogP contribution in [0.15, 0.2) is 0 Å². The third-order valence-corrected chi connectivity index (χ3v) is 4.13. The number of aryl methyl sites for hydroxylation is 2. The minimum absolute atomic E-state index is 0.450. The average molecular weight is 229 g/mol. The summed E-state index contributed by atoms with van der Waals surface area (Å²) >= 11 is 0. The maximum atomic E-state index is 11.4. The maximum absolute atomic E-state index is 11.4. The fraction of sp³-hybridized carbons (Fsp3) is 0.667. The molecule has 0 aliphatic carbocycles. The summed E-state index contributed by atoms with van der Waals surface area (Å²) in [4.78, 5) is 0. The molecule has 0 unspecified atom stereocenters. The lowest BCUT2D eigenvalue weighted by Crippen LogP contribution is -2.35. The first-order valence-corrected chi connectivity index (χ1v) is 6.71. The highest BCUT2D eigenvalue weighted by molar-refractivity contribution is 7.88. The Balaban J connectivity index is 2.39. The van der Waals surface area contributed by atoms with E-state index in [0.717, 1.165) is 17.8 Å². The molecule has 0 fully saturated rings. The van der Waals surface area contributed by atoms with Gasteiger partial charge in [0.2, 0.25) is 10.0 Å². The van der Waals surface area contributed by atoms with Crippen LogP contribution in [-0.4, -0.2) is 35.3 Å². The summed E-state index contributed by atoms with van der Waals surface area (Å²) < 4.78 is 26.1. The molecule has 0 N–H and O–H groups in total. The summed E-state index contributed by atoms with van der Waals surface area (Å²) in [5.41, 5.74) is 3.24. The van der Waals surface area contributed by atoms with Crippen LogP contribution in [0.25, 0.3) is 0 Å². The predicted octanol–water partition coefficient (Wildman–Crippen LogP) is 0.0462. The van der Waals surface area contributed by atoms with Gasteiger partial charge in [0.05, 0.1) is 24.2 Å². The summed E-state index contributed by atoms with van der Waals surface area (Å²) in [5, 5.41) is 4.30. The molecule has 1 aliphatic rings. The van der Waals surface area contributed by atoms with Gasteiger partial charge in [-0.05, 0) is 18.9 Å². The Kier molecular flexibility index (Phi) is 2.35. The first-order valence-electron chi connectivity index (χ1n) is 4.86. The molecule has 0 spiro atoms. The average Bonchev–Trinajstić information content (AvgIpc) is 2.41. The molecule has 84 valence electrons. The van der Waals surface area contributed by atoms with E-state index in [1.165, 1.54) is 16.1 Å². The van der Waals surface area contributed by atoms with Crippen LogP contribution in [0.3, 0.4) is 0 Å². The summed E-state index contributed by atoms with van der Waals surface area (Å²) in [6.45, 7) is 2.98. The Morgan fingerprint density at radius 2 is 2.07 bits per heavy atom. The topological polar surface area (TPSA) is 55.2 Å². The Bertz CT molecular complexity index is 490. The zero-order valence-corrected chi connectivity index (χ0v) is 10.0. The number of rotatable bonds is 1. The van der Waals surface area contributed by atoms with Gasteiger partial charge in [0, 0.05) is 13.6 Å². The predicted molar refractivity (Wildman–Crippen MR) is 56.9 cm³/mol. The molecule has 1 aliphatic heterocycles. The Morgan fingerprint density at radius 3 is 2.67 bits per heavy atom. The Morgan fingerprint density at radius 1 is 1.40 bits per heavy atom. The van der Waals surface area contributed by atoms with Gasteiger partial charge in [-0.15, -0.1) is 0 Å². The molecule has 1 aromatic rings. The number of aromatic nitrogens is 2. The molecular weight excluding hydrogens is 214 g/mol. The summed E-state index contributed by atoms with van der Waals surface area (Å²) in [5.74, 6) is 0. The molecule has 0 amide bonds. The lowest BCUT2D eigenvalue weighted by molar-refractivity contribution is 0.382. The van der Waals surface area contributed by atoms with E-state index in [1.54, 1.807) is 4.68 Å².